The lowest BCUT2D eigenvalue weighted by Crippen LogP contribution is -2.23. The summed E-state index contributed by atoms with van der Waals surface area (Å²) in [4.78, 5) is 23.2. The molecule has 2 rings (SSSR count). The lowest BCUT2D eigenvalue weighted by molar-refractivity contribution is -0.149. The number of ether oxygens (including phenoxy) is 2. The van der Waals surface area contributed by atoms with Crippen LogP contribution >= 0.6 is 0 Å². The summed E-state index contributed by atoms with van der Waals surface area (Å²) in [5.74, 6) is -2.98. The molecular formula is C18H17F2NO4. The van der Waals surface area contributed by atoms with Crippen molar-refractivity contribution in [2.24, 2.45) is 0 Å². The third-order valence-corrected chi connectivity index (χ3v) is 3.12. The van der Waals surface area contributed by atoms with E-state index in [0.29, 0.717) is 5.75 Å². The average Bonchev–Trinajstić information content (AvgIpc) is 2.53. The van der Waals surface area contributed by atoms with Crippen LogP contribution in [0.1, 0.15) is 11.1 Å². The molecule has 0 atom stereocenters. The number of halogens is 2. The number of hydrogen-bond acceptors (Lipinski definition) is 4. The summed E-state index contributed by atoms with van der Waals surface area (Å²) in [7, 11) is 0. The van der Waals surface area contributed by atoms with Crippen molar-refractivity contribution in [1.82, 2.24) is 0 Å². The van der Waals surface area contributed by atoms with E-state index in [1.54, 1.807) is 12.1 Å². The third-order valence-electron chi connectivity index (χ3n) is 3.12. The Morgan fingerprint density at radius 2 is 1.64 bits per heavy atom. The zero-order chi connectivity index (χ0) is 18.4. The van der Waals surface area contributed by atoms with Crippen LogP contribution < -0.4 is 10.1 Å². The van der Waals surface area contributed by atoms with E-state index in [1.165, 1.54) is 6.07 Å². The molecule has 2 aromatic rings. The Morgan fingerprint density at radius 3 is 2.28 bits per heavy atom. The Bertz CT molecular complexity index is 772. The highest BCUT2D eigenvalue weighted by molar-refractivity contribution is 5.92. The number of anilines is 1. The quantitative estimate of drug-likeness (QED) is 0.814. The first-order valence-electron chi connectivity index (χ1n) is 7.45. The van der Waals surface area contributed by atoms with Gasteiger partial charge in [0.05, 0.1) is 0 Å². The zero-order valence-corrected chi connectivity index (χ0v) is 13.8. The molecule has 0 aliphatic heterocycles. The van der Waals surface area contributed by atoms with Crippen LogP contribution in [0.4, 0.5) is 14.5 Å². The van der Waals surface area contributed by atoms with Crippen LogP contribution in [0.3, 0.4) is 0 Å². The fraction of sp³-hybridized carbons (Fsp3) is 0.222. The summed E-state index contributed by atoms with van der Waals surface area (Å²) in [6.07, 6.45) is 0. The number of rotatable bonds is 6. The molecule has 0 unspecified atom stereocenters. The molecule has 1 amide bonds. The highest BCUT2D eigenvalue weighted by Gasteiger charge is 2.10. The van der Waals surface area contributed by atoms with Crippen molar-refractivity contribution in [2.75, 3.05) is 18.5 Å². The molecule has 0 aliphatic rings. The molecule has 5 nitrogen and oxygen atoms in total. The van der Waals surface area contributed by atoms with Crippen LogP contribution in [-0.4, -0.2) is 25.1 Å². The maximum absolute atomic E-state index is 13.0. The molecule has 0 radical (unpaired) electrons. The Morgan fingerprint density at radius 1 is 0.960 bits per heavy atom. The van der Waals surface area contributed by atoms with Gasteiger partial charge in [0.25, 0.3) is 5.91 Å². The van der Waals surface area contributed by atoms with Crippen LogP contribution in [0, 0.1) is 25.5 Å². The largest absolute Gasteiger partial charge is 0.482 e. The smallest absolute Gasteiger partial charge is 0.344 e. The first-order chi connectivity index (χ1) is 11.8. The fourth-order valence-corrected chi connectivity index (χ4v) is 2.12. The minimum Gasteiger partial charge on any atom is -0.482 e. The number of carbonyl (C=O) groups is 2. The number of hydrogen-bond donors (Lipinski definition) is 1. The van der Waals surface area contributed by atoms with Gasteiger partial charge in [0.15, 0.2) is 24.8 Å². The van der Waals surface area contributed by atoms with E-state index in [9.17, 15) is 18.4 Å². The summed E-state index contributed by atoms with van der Waals surface area (Å²) in [6.45, 7) is 2.90. The third kappa shape index (κ3) is 5.87. The van der Waals surface area contributed by atoms with E-state index in [0.717, 1.165) is 23.3 Å². The number of benzene rings is 2. The lowest BCUT2D eigenvalue weighted by atomic mass is 10.1. The first kappa shape index (κ1) is 18.4. The maximum Gasteiger partial charge on any atom is 0.344 e. The van der Waals surface area contributed by atoms with Gasteiger partial charge in [-0.15, -0.1) is 0 Å². The summed E-state index contributed by atoms with van der Waals surface area (Å²) in [5, 5.41) is 2.29. The predicted molar refractivity (Wildman–Crippen MR) is 87.4 cm³/mol. The molecule has 132 valence electrons. The second kappa shape index (κ2) is 8.23. The number of esters is 1. The molecule has 0 fully saturated rings. The monoisotopic (exact) mass is 349 g/mol. The van der Waals surface area contributed by atoms with Gasteiger partial charge in [-0.3, -0.25) is 4.79 Å². The molecule has 0 bridgehead atoms. The zero-order valence-electron chi connectivity index (χ0n) is 13.8. The van der Waals surface area contributed by atoms with Gasteiger partial charge in [-0.05, 0) is 49.2 Å². The Balaban J connectivity index is 1.77. The Kier molecular flexibility index (Phi) is 6.05. The van der Waals surface area contributed by atoms with Crippen LogP contribution in [0.2, 0.25) is 0 Å². The number of carbonyl (C=O) groups excluding carboxylic acids is 2. The van der Waals surface area contributed by atoms with E-state index in [-0.39, 0.29) is 12.3 Å². The van der Waals surface area contributed by atoms with Gasteiger partial charge >= 0.3 is 5.97 Å². The predicted octanol–water partition coefficient (Wildman–Crippen LogP) is 3.14. The highest BCUT2D eigenvalue weighted by Crippen LogP contribution is 2.16. The minimum absolute atomic E-state index is 0.0615. The first-order valence-corrected chi connectivity index (χ1v) is 7.45. The SMILES string of the molecule is Cc1cc(C)cc(OCC(=O)OCC(=O)Nc2ccc(F)c(F)c2)c1. The van der Waals surface area contributed by atoms with Gasteiger partial charge in [0.2, 0.25) is 0 Å². The van der Waals surface area contributed by atoms with Crippen molar-refractivity contribution in [3.8, 4) is 5.75 Å². The molecule has 0 saturated carbocycles. The number of nitrogens with one attached hydrogen (secondary N) is 1. The van der Waals surface area contributed by atoms with Crippen LogP contribution in [-0.2, 0) is 14.3 Å². The van der Waals surface area contributed by atoms with Gasteiger partial charge in [-0.25, -0.2) is 13.6 Å². The minimum atomic E-state index is -1.09. The molecular weight excluding hydrogens is 332 g/mol. The van der Waals surface area contributed by atoms with Crippen molar-refractivity contribution in [3.63, 3.8) is 0 Å². The number of amides is 1. The fourth-order valence-electron chi connectivity index (χ4n) is 2.12. The highest BCUT2D eigenvalue weighted by atomic mass is 19.2. The Hall–Kier alpha value is -2.96. The summed E-state index contributed by atoms with van der Waals surface area (Å²) in [6, 6.07) is 8.42. The molecule has 0 aromatic heterocycles. The van der Waals surface area contributed by atoms with Crippen molar-refractivity contribution in [1.29, 1.82) is 0 Å². The van der Waals surface area contributed by atoms with E-state index >= 15 is 0 Å². The van der Waals surface area contributed by atoms with Crippen LogP contribution in [0.25, 0.3) is 0 Å². The van der Waals surface area contributed by atoms with E-state index in [1.807, 2.05) is 19.9 Å². The lowest BCUT2D eigenvalue weighted by Gasteiger charge is -2.09. The molecule has 7 heteroatoms. The molecule has 1 N–H and O–H groups in total. The molecule has 0 spiro atoms. The summed E-state index contributed by atoms with van der Waals surface area (Å²) in [5.41, 5.74) is 2.05. The maximum atomic E-state index is 13.0. The average molecular weight is 349 g/mol. The van der Waals surface area contributed by atoms with Crippen molar-refractivity contribution in [3.05, 3.63) is 59.2 Å². The molecule has 0 saturated heterocycles. The second-order valence-corrected chi connectivity index (χ2v) is 5.45. The summed E-state index contributed by atoms with van der Waals surface area (Å²) < 4.78 is 35.9. The normalized spacial score (nSPS) is 10.2. The van der Waals surface area contributed by atoms with Gasteiger partial charge in [-0.1, -0.05) is 6.07 Å². The van der Waals surface area contributed by atoms with Crippen LogP contribution in [0.5, 0.6) is 5.75 Å². The van der Waals surface area contributed by atoms with E-state index in [2.05, 4.69) is 5.32 Å². The van der Waals surface area contributed by atoms with Crippen LogP contribution in [0.15, 0.2) is 36.4 Å². The van der Waals surface area contributed by atoms with Crippen molar-refractivity contribution in [2.45, 2.75) is 13.8 Å². The van der Waals surface area contributed by atoms with Gasteiger partial charge in [-0.2, -0.15) is 0 Å². The van der Waals surface area contributed by atoms with Gasteiger partial charge < -0.3 is 14.8 Å². The second-order valence-electron chi connectivity index (χ2n) is 5.45. The summed E-state index contributed by atoms with van der Waals surface area (Å²) >= 11 is 0. The Labute approximate surface area is 143 Å². The molecule has 2 aromatic carbocycles. The number of aryl methyl sites for hydroxylation is 2. The topological polar surface area (TPSA) is 64.6 Å². The molecule has 0 aliphatic carbocycles. The standard InChI is InChI=1S/C18H17F2NO4/c1-11-5-12(2)7-14(6-11)24-10-18(23)25-9-17(22)21-13-3-4-15(19)16(20)8-13/h3-8H,9-10H2,1-2H3,(H,21,22). The van der Waals surface area contributed by atoms with E-state index < -0.39 is 30.1 Å². The van der Waals surface area contributed by atoms with Gasteiger partial charge in [0, 0.05) is 11.8 Å². The van der Waals surface area contributed by atoms with Crippen molar-refractivity contribution < 1.29 is 27.8 Å². The van der Waals surface area contributed by atoms with Crippen molar-refractivity contribution >= 4 is 17.6 Å². The molecule has 0 heterocycles. The van der Waals surface area contributed by atoms with E-state index in [4.69, 9.17) is 9.47 Å². The molecule has 25 heavy (non-hydrogen) atoms. The van der Waals surface area contributed by atoms with Gasteiger partial charge in [0.1, 0.15) is 5.75 Å².